The molecule has 0 radical (unpaired) electrons. The predicted octanol–water partition coefficient (Wildman–Crippen LogP) is 2.86. The lowest BCUT2D eigenvalue weighted by Gasteiger charge is -2.32. The smallest absolute Gasteiger partial charge is 0.258 e. The van der Waals surface area contributed by atoms with Crippen molar-refractivity contribution in [3.05, 3.63) is 54.3 Å². The van der Waals surface area contributed by atoms with Crippen molar-refractivity contribution in [2.75, 3.05) is 13.2 Å². The summed E-state index contributed by atoms with van der Waals surface area (Å²) in [5, 5.41) is 6.02. The summed E-state index contributed by atoms with van der Waals surface area (Å²) in [6.45, 7) is -0.0464. The molecule has 2 aliphatic rings. The van der Waals surface area contributed by atoms with Gasteiger partial charge >= 0.3 is 0 Å². The average Bonchev–Trinajstić information content (AvgIpc) is 2.74. The van der Waals surface area contributed by atoms with Crippen LogP contribution in [0.2, 0.25) is 0 Å². The number of carbonyl (C=O) groups excluding carboxylic acids is 2. The van der Waals surface area contributed by atoms with Crippen molar-refractivity contribution >= 4 is 11.8 Å². The summed E-state index contributed by atoms with van der Waals surface area (Å²) in [5.41, 5.74) is 0. The molecule has 6 nitrogen and oxygen atoms in total. The third-order valence-corrected chi connectivity index (χ3v) is 4.90. The number of rotatable bonds is 8. The van der Waals surface area contributed by atoms with Crippen LogP contribution in [0.5, 0.6) is 5.75 Å². The number of carbonyl (C=O) groups is 2. The minimum Gasteiger partial charge on any atom is -0.484 e. The van der Waals surface area contributed by atoms with Gasteiger partial charge in [0.15, 0.2) is 13.2 Å². The molecule has 1 saturated carbocycles. The van der Waals surface area contributed by atoms with Gasteiger partial charge in [-0.2, -0.15) is 0 Å². The van der Waals surface area contributed by atoms with Gasteiger partial charge in [-0.25, -0.2) is 0 Å². The molecule has 0 spiro atoms. The quantitative estimate of drug-likeness (QED) is 0.723. The molecule has 0 bridgehead atoms. The highest BCUT2D eigenvalue weighted by Gasteiger charge is 2.28. The third-order valence-electron chi connectivity index (χ3n) is 4.90. The van der Waals surface area contributed by atoms with Crippen LogP contribution in [0.25, 0.3) is 0 Å². The van der Waals surface area contributed by atoms with E-state index in [1.165, 1.54) is 0 Å². The van der Waals surface area contributed by atoms with Crippen LogP contribution < -0.4 is 15.4 Å². The molecule has 0 aromatic heterocycles. The monoisotopic (exact) mass is 384 g/mol. The number of nitrogens with one attached hydrogen (secondary N) is 2. The number of benzene rings is 1. The van der Waals surface area contributed by atoms with Gasteiger partial charge in [-0.05, 0) is 50.0 Å². The van der Waals surface area contributed by atoms with Gasteiger partial charge in [0.25, 0.3) is 11.8 Å². The predicted molar refractivity (Wildman–Crippen MR) is 107 cm³/mol. The van der Waals surface area contributed by atoms with Gasteiger partial charge in [-0.3, -0.25) is 9.59 Å². The lowest BCUT2D eigenvalue weighted by atomic mass is 9.90. The fourth-order valence-corrected chi connectivity index (χ4v) is 3.48. The van der Waals surface area contributed by atoms with Gasteiger partial charge < -0.3 is 20.1 Å². The van der Waals surface area contributed by atoms with Gasteiger partial charge in [0.2, 0.25) is 0 Å². The van der Waals surface area contributed by atoms with Crippen LogP contribution >= 0.6 is 0 Å². The second-order valence-electron chi connectivity index (χ2n) is 7.11. The Hall–Kier alpha value is -2.76. The molecule has 1 aromatic carbocycles. The van der Waals surface area contributed by atoms with E-state index in [9.17, 15) is 9.59 Å². The fourth-order valence-electron chi connectivity index (χ4n) is 3.48. The summed E-state index contributed by atoms with van der Waals surface area (Å²) in [5.74, 6) is 1.07. The number of para-hydroxylation sites is 1. The van der Waals surface area contributed by atoms with Crippen LogP contribution in [0.1, 0.15) is 38.5 Å². The van der Waals surface area contributed by atoms with Crippen molar-refractivity contribution < 1.29 is 19.1 Å². The molecule has 0 heterocycles. The van der Waals surface area contributed by atoms with Crippen molar-refractivity contribution in [3.63, 3.8) is 0 Å². The number of hydrogen-bond donors (Lipinski definition) is 2. The Labute approximate surface area is 166 Å². The molecule has 2 aliphatic carbocycles. The zero-order chi connectivity index (χ0) is 19.6. The van der Waals surface area contributed by atoms with Crippen LogP contribution in [-0.2, 0) is 14.3 Å². The first-order valence-electron chi connectivity index (χ1n) is 9.97. The molecule has 2 N–H and O–H groups in total. The number of amides is 2. The van der Waals surface area contributed by atoms with E-state index in [1.807, 2.05) is 48.6 Å². The largest absolute Gasteiger partial charge is 0.484 e. The maximum absolute atomic E-state index is 12.3. The molecule has 0 aliphatic heterocycles. The molecular formula is C22H28N2O4. The normalized spacial score (nSPS) is 21.4. The van der Waals surface area contributed by atoms with E-state index in [0.717, 1.165) is 44.3 Å². The standard InChI is InChI=1S/C22H28N2O4/c25-21(15-27-17-9-3-1-4-10-17)23-19-13-7-8-14-20(19)24-22(26)16-28-18-11-5-2-6-12-18/h1,3-5,9-12,19-20H,2,6-8,13-16H2,(H,23,25)(H,24,26). The maximum Gasteiger partial charge on any atom is 0.258 e. The number of hydrogen-bond acceptors (Lipinski definition) is 4. The van der Waals surface area contributed by atoms with Crippen molar-refractivity contribution in [1.82, 2.24) is 10.6 Å². The summed E-state index contributed by atoms with van der Waals surface area (Å²) in [7, 11) is 0. The Bertz CT molecular complexity index is 715. The summed E-state index contributed by atoms with van der Waals surface area (Å²) in [4.78, 5) is 24.5. The lowest BCUT2D eigenvalue weighted by molar-refractivity contribution is -0.127. The van der Waals surface area contributed by atoms with Gasteiger partial charge in [0.05, 0.1) is 0 Å². The van der Waals surface area contributed by atoms with Crippen molar-refractivity contribution in [1.29, 1.82) is 0 Å². The van der Waals surface area contributed by atoms with Crippen molar-refractivity contribution in [2.24, 2.45) is 0 Å². The highest BCUT2D eigenvalue weighted by Crippen LogP contribution is 2.19. The van der Waals surface area contributed by atoms with Crippen LogP contribution in [0.15, 0.2) is 54.3 Å². The first kappa shape index (κ1) is 20.0. The van der Waals surface area contributed by atoms with Gasteiger partial charge in [0.1, 0.15) is 11.5 Å². The Balaban J connectivity index is 1.43. The summed E-state index contributed by atoms with van der Waals surface area (Å²) in [6.07, 6.45) is 11.6. The van der Waals surface area contributed by atoms with Gasteiger partial charge in [-0.1, -0.05) is 37.1 Å². The number of ether oxygens (including phenoxy) is 2. The molecule has 2 unspecified atom stereocenters. The second kappa shape index (κ2) is 10.5. The van der Waals surface area contributed by atoms with Crippen LogP contribution in [0.3, 0.4) is 0 Å². The average molecular weight is 384 g/mol. The van der Waals surface area contributed by atoms with E-state index in [-0.39, 0.29) is 37.1 Å². The number of allylic oxidation sites excluding steroid dienone is 3. The molecule has 1 aromatic rings. The molecule has 3 rings (SSSR count). The third kappa shape index (κ3) is 6.44. The van der Waals surface area contributed by atoms with E-state index < -0.39 is 0 Å². The molecule has 0 saturated heterocycles. The van der Waals surface area contributed by atoms with Crippen molar-refractivity contribution in [3.8, 4) is 5.75 Å². The Morgan fingerprint density at radius 3 is 2.14 bits per heavy atom. The highest BCUT2D eigenvalue weighted by molar-refractivity contribution is 5.79. The summed E-state index contributed by atoms with van der Waals surface area (Å²) < 4.78 is 11.0. The van der Waals surface area contributed by atoms with E-state index in [4.69, 9.17) is 9.47 Å². The van der Waals surface area contributed by atoms with Crippen LogP contribution in [0.4, 0.5) is 0 Å². The molecule has 2 atom stereocenters. The first-order valence-corrected chi connectivity index (χ1v) is 9.97. The minimum absolute atomic E-state index is 0.00947. The Kier molecular flexibility index (Phi) is 7.53. The van der Waals surface area contributed by atoms with E-state index in [2.05, 4.69) is 10.6 Å². The molecule has 2 amide bonds. The fraction of sp³-hybridized carbons (Fsp3) is 0.455. The molecule has 6 heteroatoms. The van der Waals surface area contributed by atoms with E-state index >= 15 is 0 Å². The van der Waals surface area contributed by atoms with E-state index in [1.54, 1.807) is 0 Å². The van der Waals surface area contributed by atoms with E-state index in [0.29, 0.717) is 5.75 Å². The SMILES string of the molecule is O=C(COC1=CCCC=C1)NC1CCCCC1NC(=O)COc1ccccc1. The van der Waals surface area contributed by atoms with Crippen LogP contribution in [0, 0.1) is 0 Å². The zero-order valence-corrected chi connectivity index (χ0v) is 16.1. The van der Waals surface area contributed by atoms with Crippen LogP contribution in [-0.4, -0.2) is 37.1 Å². The first-order chi connectivity index (χ1) is 13.7. The highest BCUT2D eigenvalue weighted by atomic mass is 16.5. The Morgan fingerprint density at radius 2 is 1.54 bits per heavy atom. The summed E-state index contributed by atoms with van der Waals surface area (Å²) >= 11 is 0. The molecule has 150 valence electrons. The van der Waals surface area contributed by atoms with Crippen molar-refractivity contribution in [2.45, 2.75) is 50.6 Å². The van der Waals surface area contributed by atoms with Gasteiger partial charge in [-0.15, -0.1) is 0 Å². The molecule has 28 heavy (non-hydrogen) atoms. The van der Waals surface area contributed by atoms with Gasteiger partial charge in [0, 0.05) is 12.1 Å². The molecule has 1 fully saturated rings. The second-order valence-corrected chi connectivity index (χ2v) is 7.11. The topological polar surface area (TPSA) is 76.7 Å². The summed E-state index contributed by atoms with van der Waals surface area (Å²) in [6, 6.07) is 9.08. The molecular weight excluding hydrogens is 356 g/mol. The maximum atomic E-state index is 12.3. The Morgan fingerprint density at radius 1 is 0.893 bits per heavy atom. The minimum atomic E-state index is -0.177. The zero-order valence-electron chi connectivity index (χ0n) is 16.1. The lowest BCUT2D eigenvalue weighted by Crippen LogP contribution is -2.54.